The van der Waals surface area contributed by atoms with Crippen LogP contribution in [-0.4, -0.2) is 21.8 Å². The molecule has 1 saturated carbocycles. The normalized spacial score (nSPS) is 18.8. The molecule has 2 aromatic carbocycles. The quantitative estimate of drug-likeness (QED) is 0.765. The molecule has 1 fully saturated rings. The number of sulfone groups is 1. The van der Waals surface area contributed by atoms with Crippen LogP contribution in [-0.2, 0) is 9.84 Å². The Labute approximate surface area is 155 Å². The van der Waals surface area contributed by atoms with Crippen LogP contribution in [0.25, 0.3) is 11.1 Å². The molecule has 0 aromatic heterocycles. The second-order valence-electron chi connectivity index (χ2n) is 7.69. The van der Waals surface area contributed by atoms with E-state index in [1.54, 1.807) is 19.2 Å². The number of rotatable bonds is 4. The second kappa shape index (κ2) is 6.27. The number of methoxy groups -OCH3 is 1. The van der Waals surface area contributed by atoms with Gasteiger partial charge in [0.1, 0.15) is 5.75 Å². The largest absolute Gasteiger partial charge is 0.497 e. The molecule has 2 aliphatic carbocycles. The summed E-state index contributed by atoms with van der Waals surface area (Å²) < 4.78 is 28.8. The van der Waals surface area contributed by atoms with Crippen LogP contribution in [0.15, 0.2) is 53.4 Å². The van der Waals surface area contributed by atoms with E-state index in [1.165, 1.54) is 42.2 Å². The maximum Gasteiger partial charge on any atom is 0.175 e. The minimum absolute atomic E-state index is 0.379. The van der Waals surface area contributed by atoms with Gasteiger partial charge < -0.3 is 4.74 Å². The molecule has 0 amide bonds. The average Bonchev–Trinajstić information content (AvgIpc) is 3.03. The van der Waals surface area contributed by atoms with Crippen molar-refractivity contribution in [3.8, 4) is 5.75 Å². The van der Waals surface area contributed by atoms with Crippen molar-refractivity contribution >= 4 is 21.0 Å². The highest BCUT2D eigenvalue weighted by Crippen LogP contribution is 2.59. The molecule has 0 atom stereocenters. The third kappa shape index (κ3) is 3.07. The maximum absolute atomic E-state index is 11.7. The van der Waals surface area contributed by atoms with Crippen LogP contribution in [0.1, 0.15) is 43.2 Å². The van der Waals surface area contributed by atoms with E-state index in [0.717, 1.165) is 24.2 Å². The summed E-state index contributed by atoms with van der Waals surface area (Å²) in [5, 5.41) is 0. The van der Waals surface area contributed by atoms with Crippen molar-refractivity contribution < 1.29 is 13.2 Å². The summed E-state index contributed by atoms with van der Waals surface area (Å²) in [5.41, 5.74) is 5.58. The molecule has 26 heavy (non-hydrogen) atoms. The first-order valence-electron chi connectivity index (χ1n) is 9.07. The molecule has 0 aliphatic heterocycles. The van der Waals surface area contributed by atoms with Crippen LogP contribution in [0.4, 0.5) is 0 Å². The van der Waals surface area contributed by atoms with Crippen LogP contribution < -0.4 is 4.74 Å². The maximum atomic E-state index is 11.7. The van der Waals surface area contributed by atoms with Gasteiger partial charge in [0.25, 0.3) is 0 Å². The fraction of sp³-hybridized carbons (Fsp3) is 0.364. The molecular weight excluding hydrogens is 344 g/mol. The van der Waals surface area contributed by atoms with Crippen molar-refractivity contribution in [1.82, 2.24) is 0 Å². The second-order valence-corrected chi connectivity index (χ2v) is 9.70. The van der Waals surface area contributed by atoms with Crippen LogP contribution in [0.3, 0.4) is 0 Å². The summed E-state index contributed by atoms with van der Waals surface area (Å²) in [4.78, 5) is 0.379. The van der Waals surface area contributed by atoms with Gasteiger partial charge in [-0.3, -0.25) is 0 Å². The number of allylic oxidation sites excluding steroid dienone is 2. The van der Waals surface area contributed by atoms with Crippen molar-refractivity contribution in [2.45, 2.75) is 37.0 Å². The van der Waals surface area contributed by atoms with E-state index in [1.807, 2.05) is 24.3 Å². The first-order chi connectivity index (χ1) is 12.4. The van der Waals surface area contributed by atoms with Gasteiger partial charge >= 0.3 is 0 Å². The Bertz CT molecular complexity index is 947. The zero-order valence-corrected chi connectivity index (χ0v) is 16.1. The fourth-order valence-electron chi connectivity index (χ4n) is 4.30. The molecular formula is C22H24O3S. The zero-order chi connectivity index (χ0) is 18.4. The molecule has 0 N–H and O–H groups in total. The first kappa shape index (κ1) is 17.3. The standard InChI is InChI=1S/C22H24O3S/c1-25-18-8-4-16(5-9-18)20-14-22(12-3-13-22)15-21(20)17-6-10-19(11-7-17)26(2,23)24/h4-11H,3,12-15H2,1-2H3. The van der Waals surface area contributed by atoms with Gasteiger partial charge in [0, 0.05) is 6.26 Å². The Morgan fingerprint density at radius 3 is 1.73 bits per heavy atom. The molecule has 0 bridgehead atoms. The Hall–Kier alpha value is -2.07. The van der Waals surface area contributed by atoms with E-state index in [4.69, 9.17) is 4.74 Å². The summed E-state index contributed by atoms with van der Waals surface area (Å²) >= 11 is 0. The summed E-state index contributed by atoms with van der Waals surface area (Å²) in [7, 11) is -1.48. The summed E-state index contributed by atoms with van der Waals surface area (Å²) in [6.07, 6.45) is 7.35. The molecule has 0 saturated heterocycles. The van der Waals surface area contributed by atoms with Gasteiger partial charge in [0.05, 0.1) is 12.0 Å². The number of benzene rings is 2. The molecule has 0 radical (unpaired) electrons. The number of ether oxygens (including phenoxy) is 1. The van der Waals surface area contributed by atoms with E-state index in [-0.39, 0.29) is 0 Å². The van der Waals surface area contributed by atoms with Crippen LogP contribution in [0.5, 0.6) is 5.75 Å². The number of hydrogen-bond donors (Lipinski definition) is 0. The number of hydrogen-bond acceptors (Lipinski definition) is 3. The lowest BCUT2D eigenvalue weighted by Crippen LogP contribution is -2.26. The molecule has 3 nitrogen and oxygen atoms in total. The van der Waals surface area contributed by atoms with Crippen molar-refractivity contribution in [3.05, 3.63) is 59.7 Å². The van der Waals surface area contributed by atoms with E-state index < -0.39 is 9.84 Å². The van der Waals surface area contributed by atoms with Crippen molar-refractivity contribution in [3.63, 3.8) is 0 Å². The monoisotopic (exact) mass is 368 g/mol. The minimum atomic E-state index is -3.16. The average molecular weight is 368 g/mol. The molecule has 136 valence electrons. The third-order valence-electron chi connectivity index (χ3n) is 5.95. The Morgan fingerprint density at radius 2 is 1.35 bits per heavy atom. The third-order valence-corrected chi connectivity index (χ3v) is 7.08. The Morgan fingerprint density at radius 1 is 0.846 bits per heavy atom. The highest BCUT2D eigenvalue weighted by Gasteiger charge is 2.43. The smallest absolute Gasteiger partial charge is 0.175 e. The van der Waals surface area contributed by atoms with Crippen molar-refractivity contribution in [2.24, 2.45) is 5.41 Å². The summed E-state index contributed by atoms with van der Waals surface area (Å²) in [6, 6.07) is 15.7. The molecule has 4 heteroatoms. The van der Waals surface area contributed by atoms with Gasteiger partial charge in [-0.1, -0.05) is 30.7 Å². The molecule has 0 heterocycles. The summed E-state index contributed by atoms with van der Waals surface area (Å²) in [6.45, 7) is 0. The van der Waals surface area contributed by atoms with Gasteiger partial charge in [-0.05, 0) is 77.6 Å². The van der Waals surface area contributed by atoms with Crippen LogP contribution in [0, 0.1) is 5.41 Å². The van der Waals surface area contributed by atoms with Gasteiger partial charge in [-0.15, -0.1) is 0 Å². The lowest BCUT2D eigenvalue weighted by atomic mass is 9.66. The lowest BCUT2D eigenvalue weighted by molar-refractivity contribution is 0.157. The Kier molecular flexibility index (Phi) is 4.19. The SMILES string of the molecule is COc1ccc(C2=C(c3ccc(S(C)(=O)=O)cc3)CC3(CCC3)C2)cc1. The van der Waals surface area contributed by atoms with Crippen molar-refractivity contribution in [2.75, 3.05) is 13.4 Å². The van der Waals surface area contributed by atoms with E-state index in [9.17, 15) is 8.42 Å². The predicted molar refractivity (Wildman–Crippen MR) is 105 cm³/mol. The summed E-state index contributed by atoms with van der Waals surface area (Å²) in [5.74, 6) is 0.866. The molecule has 2 aliphatic rings. The lowest BCUT2D eigenvalue weighted by Gasteiger charge is -2.39. The van der Waals surface area contributed by atoms with E-state index in [0.29, 0.717) is 10.3 Å². The molecule has 0 unspecified atom stereocenters. The molecule has 2 aromatic rings. The van der Waals surface area contributed by atoms with Gasteiger partial charge in [-0.25, -0.2) is 8.42 Å². The zero-order valence-electron chi connectivity index (χ0n) is 15.3. The van der Waals surface area contributed by atoms with Crippen LogP contribution >= 0.6 is 0 Å². The predicted octanol–water partition coefficient (Wildman–Crippen LogP) is 4.97. The van der Waals surface area contributed by atoms with Gasteiger partial charge in [-0.2, -0.15) is 0 Å². The highest BCUT2D eigenvalue weighted by atomic mass is 32.2. The minimum Gasteiger partial charge on any atom is -0.497 e. The molecule has 4 rings (SSSR count). The van der Waals surface area contributed by atoms with Gasteiger partial charge in [0.2, 0.25) is 0 Å². The topological polar surface area (TPSA) is 43.4 Å². The van der Waals surface area contributed by atoms with Crippen molar-refractivity contribution in [1.29, 1.82) is 0 Å². The first-order valence-corrected chi connectivity index (χ1v) is 11.0. The van der Waals surface area contributed by atoms with Gasteiger partial charge in [0.15, 0.2) is 9.84 Å². The van der Waals surface area contributed by atoms with E-state index in [2.05, 4.69) is 12.1 Å². The Balaban J connectivity index is 1.75. The highest BCUT2D eigenvalue weighted by molar-refractivity contribution is 7.90. The van der Waals surface area contributed by atoms with Crippen LogP contribution in [0.2, 0.25) is 0 Å². The molecule has 1 spiro atoms. The van der Waals surface area contributed by atoms with E-state index >= 15 is 0 Å². The fourth-order valence-corrected chi connectivity index (χ4v) is 4.93.